The third kappa shape index (κ3) is 3.69. The summed E-state index contributed by atoms with van der Waals surface area (Å²) in [7, 11) is 0. The van der Waals surface area contributed by atoms with Gasteiger partial charge in [0.05, 0.1) is 5.69 Å². The number of aryl methyl sites for hydroxylation is 1. The van der Waals surface area contributed by atoms with E-state index in [1.165, 1.54) is 11.9 Å². The first-order chi connectivity index (χ1) is 10.4. The summed E-state index contributed by atoms with van der Waals surface area (Å²) in [6.45, 7) is 0.970. The fourth-order valence-electron chi connectivity index (χ4n) is 2.24. The standard InChI is InChI=1S/C17H18N4/c1-2-5-15(6-3-1)7-4-12-19-16-8-10-17(11-9-16)21-14-18-13-20-21/h1-3,5-6,8-11,13-14,19H,4,7,12H2. The van der Waals surface area contributed by atoms with Crippen molar-refractivity contribution < 1.29 is 0 Å². The zero-order valence-corrected chi connectivity index (χ0v) is 11.8. The second kappa shape index (κ2) is 6.70. The minimum Gasteiger partial charge on any atom is -0.385 e. The summed E-state index contributed by atoms with van der Waals surface area (Å²) in [6, 6.07) is 18.8. The summed E-state index contributed by atoms with van der Waals surface area (Å²) in [5.74, 6) is 0. The Morgan fingerprint density at radius 3 is 2.48 bits per heavy atom. The topological polar surface area (TPSA) is 42.7 Å². The SMILES string of the molecule is c1ccc(CCCNc2ccc(-n3cncn3)cc2)cc1. The molecule has 3 rings (SSSR count). The molecule has 0 aliphatic carbocycles. The van der Waals surface area contributed by atoms with Crippen molar-refractivity contribution in [3.05, 3.63) is 72.8 Å². The van der Waals surface area contributed by atoms with Gasteiger partial charge in [-0.3, -0.25) is 0 Å². The highest BCUT2D eigenvalue weighted by Gasteiger charge is 1.97. The summed E-state index contributed by atoms with van der Waals surface area (Å²) in [5, 5.41) is 7.55. The van der Waals surface area contributed by atoms with Crippen LogP contribution < -0.4 is 5.32 Å². The smallest absolute Gasteiger partial charge is 0.138 e. The highest BCUT2D eigenvalue weighted by molar-refractivity contribution is 5.48. The van der Waals surface area contributed by atoms with Crippen LogP contribution in [-0.4, -0.2) is 21.3 Å². The molecule has 0 unspecified atom stereocenters. The van der Waals surface area contributed by atoms with E-state index in [4.69, 9.17) is 0 Å². The summed E-state index contributed by atoms with van der Waals surface area (Å²) in [4.78, 5) is 3.95. The Morgan fingerprint density at radius 1 is 0.952 bits per heavy atom. The molecule has 0 aliphatic rings. The summed E-state index contributed by atoms with van der Waals surface area (Å²) < 4.78 is 1.75. The van der Waals surface area contributed by atoms with Crippen molar-refractivity contribution in [2.24, 2.45) is 0 Å². The lowest BCUT2D eigenvalue weighted by Gasteiger charge is -2.07. The van der Waals surface area contributed by atoms with Crippen molar-refractivity contribution in [3.63, 3.8) is 0 Å². The van der Waals surface area contributed by atoms with E-state index in [0.29, 0.717) is 0 Å². The molecule has 0 amide bonds. The van der Waals surface area contributed by atoms with Gasteiger partial charge in [-0.15, -0.1) is 0 Å². The molecule has 0 radical (unpaired) electrons. The molecule has 0 spiro atoms. The molecule has 21 heavy (non-hydrogen) atoms. The Kier molecular flexibility index (Phi) is 4.27. The van der Waals surface area contributed by atoms with Gasteiger partial charge < -0.3 is 5.32 Å². The van der Waals surface area contributed by atoms with Gasteiger partial charge in [-0.2, -0.15) is 5.10 Å². The molecule has 1 heterocycles. The highest BCUT2D eigenvalue weighted by atomic mass is 15.3. The molecule has 2 aromatic carbocycles. The lowest BCUT2D eigenvalue weighted by atomic mass is 10.1. The van der Waals surface area contributed by atoms with Crippen LogP contribution in [0, 0.1) is 0 Å². The molecule has 4 heteroatoms. The second-order valence-corrected chi connectivity index (χ2v) is 4.90. The van der Waals surface area contributed by atoms with Gasteiger partial charge in [-0.1, -0.05) is 30.3 Å². The van der Waals surface area contributed by atoms with E-state index in [1.54, 1.807) is 11.0 Å². The number of nitrogens with one attached hydrogen (secondary N) is 1. The molecule has 4 nitrogen and oxygen atoms in total. The zero-order valence-electron chi connectivity index (χ0n) is 11.8. The second-order valence-electron chi connectivity index (χ2n) is 4.90. The number of aromatic nitrogens is 3. The maximum Gasteiger partial charge on any atom is 0.138 e. The molecule has 0 saturated carbocycles. The maximum absolute atomic E-state index is 4.11. The van der Waals surface area contributed by atoms with Gasteiger partial charge in [0.25, 0.3) is 0 Å². The van der Waals surface area contributed by atoms with Crippen LogP contribution in [0.5, 0.6) is 0 Å². The fourth-order valence-corrected chi connectivity index (χ4v) is 2.24. The van der Waals surface area contributed by atoms with Crippen molar-refractivity contribution in [2.45, 2.75) is 12.8 Å². The van der Waals surface area contributed by atoms with Crippen LogP contribution in [0.1, 0.15) is 12.0 Å². The molecule has 1 N–H and O–H groups in total. The minimum absolute atomic E-state index is 0.970. The quantitative estimate of drug-likeness (QED) is 0.703. The predicted octanol–water partition coefficient (Wildman–Crippen LogP) is 3.31. The number of benzene rings is 2. The van der Waals surface area contributed by atoms with Crippen LogP contribution in [0.4, 0.5) is 5.69 Å². The normalized spacial score (nSPS) is 10.5. The molecule has 0 atom stereocenters. The van der Waals surface area contributed by atoms with Gasteiger partial charge >= 0.3 is 0 Å². The first-order valence-corrected chi connectivity index (χ1v) is 7.15. The third-order valence-corrected chi connectivity index (χ3v) is 3.36. The molecular weight excluding hydrogens is 260 g/mol. The van der Waals surface area contributed by atoms with E-state index in [0.717, 1.165) is 30.8 Å². The largest absolute Gasteiger partial charge is 0.385 e. The fraction of sp³-hybridized carbons (Fsp3) is 0.176. The Labute approximate surface area is 124 Å². The molecule has 0 bridgehead atoms. The van der Waals surface area contributed by atoms with Gasteiger partial charge in [0.15, 0.2) is 0 Å². The first kappa shape index (κ1) is 13.4. The third-order valence-electron chi connectivity index (χ3n) is 3.36. The average Bonchev–Trinajstić information content (AvgIpc) is 3.08. The number of hydrogen-bond acceptors (Lipinski definition) is 3. The summed E-state index contributed by atoms with van der Waals surface area (Å²) in [5.41, 5.74) is 3.54. The van der Waals surface area contributed by atoms with E-state index < -0.39 is 0 Å². The Balaban J connectivity index is 1.47. The van der Waals surface area contributed by atoms with Gasteiger partial charge in [-0.05, 0) is 42.7 Å². The minimum atomic E-state index is 0.970. The Morgan fingerprint density at radius 2 is 1.76 bits per heavy atom. The van der Waals surface area contributed by atoms with Gasteiger partial charge in [0.2, 0.25) is 0 Å². The van der Waals surface area contributed by atoms with Crippen LogP contribution in [0.25, 0.3) is 5.69 Å². The van der Waals surface area contributed by atoms with Crippen molar-refractivity contribution in [3.8, 4) is 5.69 Å². The van der Waals surface area contributed by atoms with Crippen molar-refractivity contribution in [1.29, 1.82) is 0 Å². The number of nitrogens with zero attached hydrogens (tertiary/aromatic N) is 3. The summed E-state index contributed by atoms with van der Waals surface area (Å²) in [6.07, 6.45) is 5.46. The zero-order chi connectivity index (χ0) is 14.3. The maximum atomic E-state index is 4.11. The summed E-state index contributed by atoms with van der Waals surface area (Å²) >= 11 is 0. The van der Waals surface area contributed by atoms with Gasteiger partial charge in [0.1, 0.15) is 12.7 Å². The lowest BCUT2D eigenvalue weighted by molar-refractivity contribution is 0.861. The molecule has 3 aromatic rings. The number of rotatable bonds is 6. The monoisotopic (exact) mass is 278 g/mol. The molecule has 0 saturated heterocycles. The number of hydrogen-bond donors (Lipinski definition) is 1. The Bertz CT molecular complexity index is 645. The first-order valence-electron chi connectivity index (χ1n) is 7.15. The van der Waals surface area contributed by atoms with Gasteiger partial charge in [0, 0.05) is 12.2 Å². The van der Waals surface area contributed by atoms with Crippen LogP contribution >= 0.6 is 0 Å². The van der Waals surface area contributed by atoms with E-state index in [-0.39, 0.29) is 0 Å². The molecule has 1 aromatic heterocycles. The molecule has 0 aliphatic heterocycles. The van der Waals surface area contributed by atoms with Crippen LogP contribution in [0.3, 0.4) is 0 Å². The highest BCUT2D eigenvalue weighted by Crippen LogP contribution is 2.12. The van der Waals surface area contributed by atoms with E-state index in [2.05, 4.69) is 57.9 Å². The van der Waals surface area contributed by atoms with E-state index in [9.17, 15) is 0 Å². The van der Waals surface area contributed by atoms with E-state index in [1.807, 2.05) is 12.1 Å². The lowest BCUT2D eigenvalue weighted by Crippen LogP contribution is -2.03. The molecular formula is C17H18N4. The molecule has 106 valence electrons. The molecule has 0 fully saturated rings. The van der Waals surface area contributed by atoms with Crippen LogP contribution in [0.15, 0.2) is 67.3 Å². The average molecular weight is 278 g/mol. The Hall–Kier alpha value is -2.62. The van der Waals surface area contributed by atoms with E-state index >= 15 is 0 Å². The van der Waals surface area contributed by atoms with Crippen molar-refractivity contribution >= 4 is 5.69 Å². The predicted molar refractivity (Wildman–Crippen MR) is 84.6 cm³/mol. The van der Waals surface area contributed by atoms with Crippen molar-refractivity contribution in [1.82, 2.24) is 14.8 Å². The van der Waals surface area contributed by atoms with Crippen LogP contribution in [0.2, 0.25) is 0 Å². The van der Waals surface area contributed by atoms with Crippen molar-refractivity contribution in [2.75, 3.05) is 11.9 Å². The number of anilines is 1. The van der Waals surface area contributed by atoms with Crippen LogP contribution in [-0.2, 0) is 6.42 Å². The van der Waals surface area contributed by atoms with Gasteiger partial charge in [-0.25, -0.2) is 9.67 Å².